The van der Waals surface area contributed by atoms with E-state index in [0.717, 1.165) is 12.8 Å². The van der Waals surface area contributed by atoms with Crippen LogP contribution in [0.4, 0.5) is 0 Å². The Morgan fingerprint density at radius 1 is 1.12 bits per heavy atom. The monoisotopic (exact) mass is 228 g/mol. The summed E-state index contributed by atoms with van der Waals surface area (Å²) in [6.45, 7) is 6.75. The van der Waals surface area contributed by atoms with Gasteiger partial charge in [-0.2, -0.15) is 0 Å². The summed E-state index contributed by atoms with van der Waals surface area (Å²) < 4.78 is 4.69. The molecule has 16 heavy (non-hydrogen) atoms. The second-order valence-corrected chi connectivity index (χ2v) is 5.05. The van der Waals surface area contributed by atoms with Crippen LogP contribution in [0.3, 0.4) is 0 Å². The van der Waals surface area contributed by atoms with E-state index in [0.29, 0.717) is 11.8 Å². The van der Waals surface area contributed by atoms with E-state index in [1.54, 1.807) is 0 Å². The molecule has 0 radical (unpaired) electrons. The largest absolute Gasteiger partial charge is 0.469 e. The van der Waals surface area contributed by atoms with Gasteiger partial charge in [0.25, 0.3) is 0 Å². The summed E-state index contributed by atoms with van der Waals surface area (Å²) in [6, 6.07) is 0. The van der Waals surface area contributed by atoms with Crippen LogP contribution in [-0.2, 0) is 9.53 Å². The molecule has 1 unspecified atom stereocenters. The van der Waals surface area contributed by atoms with Crippen LogP contribution in [0.1, 0.15) is 72.1 Å². The Kier molecular flexibility index (Phi) is 8.32. The number of ether oxygens (including phenoxy) is 1. The summed E-state index contributed by atoms with van der Waals surface area (Å²) in [5, 5.41) is 0. The summed E-state index contributed by atoms with van der Waals surface area (Å²) in [4.78, 5) is 11.1. The molecule has 0 spiro atoms. The molecule has 0 aliphatic rings. The predicted molar refractivity (Wildman–Crippen MR) is 68.4 cm³/mol. The molecule has 0 aromatic carbocycles. The van der Waals surface area contributed by atoms with Crippen LogP contribution in [0, 0.1) is 5.41 Å². The third-order valence-electron chi connectivity index (χ3n) is 3.65. The average Bonchev–Trinajstić information content (AvgIpc) is 2.31. The molecule has 0 aliphatic heterocycles. The first kappa shape index (κ1) is 15.5. The first-order chi connectivity index (χ1) is 7.58. The highest BCUT2D eigenvalue weighted by Crippen LogP contribution is 2.33. The highest BCUT2D eigenvalue weighted by atomic mass is 16.5. The topological polar surface area (TPSA) is 26.3 Å². The summed E-state index contributed by atoms with van der Waals surface area (Å²) in [5.41, 5.74) is 0.321. The van der Waals surface area contributed by atoms with Gasteiger partial charge in [0.15, 0.2) is 0 Å². The lowest BCUT2D eigenvalue weighted by Crippen LogP contribution is -2.17. The van der Waals surface area contributed by atoms with Gasteiger partial charge in [-0.1, -0.05) is 52.9 Å². The van der Waals surface area contributed by atoms with Gasteiger partial charge in [0, 0.05) is 6.42 Å². The fourth-order valence-electron chi connectivity index (χ4n) is 1.96. The molecule has 2 heteroatoms. The molecule has 0 saturated heterocycles. The number of carbonyl (C=O) groups is 1. The van der Waals surface area contributed by atoms with Crippen molar-refractivity contribution in [2.45, 2.75) is 72.1 Å². The van der Waals surface area contributed by atoms with Crippen LogP contribution in [-0.4, -0.2) is 13.1 Å². The van der Waals surface area contributed by atoms with E-state index in [4.69, 9.17) is 4.74 Å². The van der Waals surface area contributed by atoms with Crippen LogP contribution in [0.25, 0.3) is 0 Å². The third kappa shape index (κ3) is 6.86. The van der Waals surface area contributed by atoms with Crippen molar-refractivity contribution < 1.29 is 9.53 Å². The molecule has 0 N–H and O–H groups in total. The minimum atomic E-state index is -0.0757. The molecular formula is C14H28O2. The lowest BCUT2D eigenvalue weighted by Gasteiger charge is -2.27. The van der Waals surface area contributed by atoms with E-state index in [-0.39, 0.29) is 5.97 Å². The average molecular weight is 228 g/mol. The van der Waals surface area contributed by atoms with Gasteiger partial charge in [-0.3, -0.25) is 4.79 Å². The molecule has 0 saturated carbocycles. The number of methoxy groups -OCH3 is 1. The quantitative estimate of drug-likeness (QED) is 0.434. The SMILES string of the molecule is CCCCCCC(C)(CC)CCC(=O)OC. The van der Waals surface area contributed by atoms with E-state index in [2.05, 4.69) is 20.8 Å². The van der Waals surface area contributed by atoms with Crippen molar-refractivity contribution in [2.24, 2.45) is 5.41 Å². The maximum Gasteiger partial charge on any atom is 0.305 e. The molecule has 0 bridgehead atoms. The maximum atomic E-state index is 11.1. The van der Waals surface area contributed by atoms with Crippen molar-refractivity contribution >= 4 is 5.97 Å². The minimum absolute atomic E-state index is 0.0757. The van der Waals surface area contributed by atoms with Gasteiger partial charge in [0.1, 0.15) is 0 Å². The van der Waals surface area contributed by atoms with Crippen LogP contribution in [0.5, 0.6) is 0 Å². The van der Waals surface area contributed by atoms with Crippen molar-refractivity contribution in [1.29, 1.82) is 0 Å². The summed E-state index contributed by atoms with van der Waals surface area (Å²) in [5.74, 6) is -0.0757. The summed E-state index contributed by atoms with van der Waals surface area (Å²) >= 11 is 0. The first-order valence-corrected chi connectivity index (χ1v) is 6.64. The van der Waals surface area contributed by atoms with Crippen LogP contribution in [0.15, 0.2) is 0 Å². The van der Waals surface area contributed by atoms with Crippen LogP contribution >= 0.6 is 0 Å². The van der Waals surface area contributed by atoms with Gasteiger partial charge in [0.05, 0.1) is 7.11 Å². The van der Waals surface area contributed by atoms with Crippen LogP contribution < -0.4 is 0 Å². The van der Waals surface area contributed by atoms with Gasteiger partial charge < -0.3 is 4.74 Å². The van der Waals surface area contributed by atoms with Gasteiger partial charge in [-0.15, -0.1) is 0 Å². The maximum absolute atomic E-state index is 11.1. The second-order valence-electron chi connectivity index (χ2n) is 5.05. The smallest absolute Gasteiger partial charge is 0.305 e. The number of hydrogen-bond donors (Lipinski definition) is 0. The minimum Gasteiger partial charge on any atom is -0.469 e. The van der Waals surface area contributed by atoms with Gasteiger partial charge >= 0.3 is 5.97 Å². The number of rotatable bonds is 9. The van der Waals surface area contributed by atoms with E-state index in [1.165, 1.54) is 39.2 Å². The Morgan fingerprint density at radius 2 is 1.81 bits per heavy atom. The van der Waals surface area contributed by atoms with E-state index in [9.17, 15) is 4.79 Å². The van der Waals surface area contributed by atoms with E-state index >= 15 is 0 Å². The van der Waals surface area contributed by atoms with Crippen molar-refractivity contribution in [2.75, 3.05) is 7.11 Å². The number of hydrogen-bond acceptors (Lipinski definition) is 2. The fourth-order valence-corrected chi connectivity index (χ4v) is 1.96. The Balaban J connectivity index is 3.85. The zero-order valence-corrected chi connectivity index (χ0v) is 11.5. The van der Waals surface area contributed by atoms with Crippen LogP contribution in [0.2, 0.25) is 0 Å². The molecule has 0 aromatic heterocycles. The van der Waals surface area contributed by atoms with Crippen molar-refractivity contribution in [3.05, 3.63) is 0 Å². The molecule has 0 heterocycles. The molecular weight excluding hydrogens is 200 g/mol. The zero-order valence-electron chi connectivity index (χ0n) is 11.5. The predicted octanol–water partition coefficient (Wildman–Crippen LogP) is 4.33. The normalized spacial score (nSPS) is 14.5. The number of carbonyl (C=O) groups excluding carboxylic acids is 1. The molecule has 0 amide bonds. The highest BCUT2D eigenvalue weighted by molar-refractivity contribution is 5.69. The lowest BCUT2D eigenvalue weighted by molar-refractivity contribution is -0.141. The molecule has 0 aromatic rings. The van der Waals surface area contributed by atoms with E-state index < -0.39 is 0 Å². The molecule has 96 valence electrons. The molecule has 0 fully saturated rings. The molecule has 0 aliphatic carbocycles. The third-order valence-corrected chi connectivity index (χ3v) is 3.65. The second kappa shape index (κ2) is 8.60. The van der Waals surface area contributed by atoms with Gasteiger partial charge in [0.2, 0.25) is 0 Å². The summed E-state index contributed by atoms with van der Waals surface area (Å²) in [7, 11) is 1.47. The van der Waals surface area contributed by atoms with Crippen molar-refractivity contribution in [3.8, 4) is 0 Å². The molecule has 1 atom stereocenters. The van der Waals surface area contributed by atoms with Gasteiger partial charge in [-0.05, 0) is 18.3 Å². The Bertz CT molecular complexity index is 189. The highest BCUT2D eigenvalue weighted by Gasteiger charge is 2.22. The molecule has 2 nitrogen and oxygen atoms in total. The van der Waals surface area contributed by atoms with Gasteiger partial charge in [-0.25, -0.2) is 0 Å². The van der Waals surface area contributed by atoms with Crippen molar-refractivity contribution in [3.63, 3.8) is 0 Å². The van der Waals surface area contributed by atoms with Crippen molar-refractivity contribution in [1.82, 2.24) is 0 Å². The first-order valence-electron chi connectivity index (χ1n) is 6.64. The Hall–Kier alpha value is -0.530. The Labute approximate surface area is 101 Å². The Morgan fingerprint density at radius 3 is 2.31 bits per heavy atom. The standard InChI is InChI=1S/C14H28O2/c1-5-7-8-9-11-14(3,6-2)12-10-13(15)16-4/h5-12H2,1-4H3. The lowest BCUT2D eigenvalue weighted by atomic mass is 9.78. The zero-order chi connectivity index (χ0) is 12.4. The summed E-state index contributed by atoms with van der Waals surface area (Å²) in [6.07, 6.45) is 9.14. The fraction of sp³-hybridized carbons (Fsp3) is 0.929. The molecule has 0 rings (SSSR count). The number of unbranched alkanes of at least 4 members (excludes halogenated alkanes) is 3. The number of esters is 1. The van der Waals surface area contributed by atoms with E-state index in [1.807, 2.05) is 0 Å².